The first-order valence-corrected chi connectivity index (χ1v) is 24.9. The molecule has 3 aliphatic rings. The zero-order valence-electron chi connectivity index (χ0n) is 42.8. The fourth-order valence-corrected chi connectivity index (χ4v) is 9.60. The number of amides is 3. The second-order valence-corrected chi connectivity index (χ2v) is 20.8. The van der Waals surface area contributed by atoms with Crippen molar-refractivity contribution in [3.63, 3.8) is 0 Å². The third kappa shape index (κ3) is 11.8. The maximum atomic E-state index is 14.7. The van der Waals surface area contributed by atoms with Gasteiger partial charge in [0, 0.05) is 74.3 Å². The molecule has 2 aromatic carbocycles. The third-order valence-electron chi connectivity index (χ3n) is 14.3. The highest BCUT2D eigenvalue weighted by Crippen LogP contribution is 2.42. The topological polar surface area (TPSA) is 168 Å². The number of carbonyl (C=O) groups excluding carboxylic acids is 4. The molecule has 70 heavy (non-hydrogen) atoms. The summed E-state index contributed by atoms with van der Waals surface area (Å²) in [6.07, 6.45) is 3.14. The zero-order chi connectivity index (χ0) is 50.5. The van der Waals surface area contributed by atoms with Crippen LogP contribution in [0.2, 0.25) is 0 Å². The highest BCUT2D eigenvalue weighted by atomic mass is 16.5. The van der Waals surface area contributed by atoms with Gasteiger partial charge in [0.05, 0.1) is 54.9 Å². The molecule has 4 aromatic rings. The van der Waals surface area contributed by atoms with Gasteiger partial charge in [-0.25, -0.2) is 5.43 Å². The van der Waals surface area contributed by atoms with Gasteiger partial charge in [0.25, 0.3) is 11.8 Å². The van der Waals surface area contributed by atoms with E-state index in [0.29, 0.717) is 52.0 Å². The largest absolute Gasteiger partial charge is 0.464 e. The number of aromatic nitrogens is 2. The van der Waals surface area contributed by atoms with Gasteiger partial charge in [0.1, 0.15) is 12.1 Å². The molecule has 7 rings (SSSR count). The molecule has 0 unspecified atom stereocenters. The lowest BCUT2D eigenvalue weighted by atomic mass is 9.84. The van der Waals surface area contributed by atoms with Gasteiger partial charge in [-0.1, -0.05) is 63.9 Å². The third-order valence-corrected chi connectivity index (χ3v) is 14.3. The van der Waals surface area contributed by atoms with Crippen molar-refractivity contribution in [2.45, 2.75) is 117 Å². The van der Waals surface area contributed by atoms with Crippen LogP contribution in [0.25, 0.3) is 33.3 Å². The number of benzene rings is 2. The van der Waals surface area contributed by atoms with Crippen LogP contribution in [0.1, 0.15) is 91.2 Å². The molecule has 0 radical (unpaired) electrons. The number of nitrogens with zero attached hydrogens (tertiary/aromatic N) is 5. The van der Waals surface area contributed by atoms with Crippen molar-refractivity contribution in [2.24, 2.45) is 17.3 Å². The van der Waals surface area contributed by atoms with Crippen LogP contribution in [0.15, 0.2) is 60.8 Å². The molecule has 15 heteroatoms. The second-order valence-electron chi connectivity index (χ2n) is 20.8. The van der Waals surface area contributed by atoms with Crippen LogP contribution < -0.4 is 10.7 Å². The highest BCUT2D eigenvalue weighted by molar-refractivity contribution is 5.96. The minimum atomic E-state index is -0.974. The maximum Gasteiger partial charge on any atom is 0.324 e. The number of carbonyl (C=O) groups is 4. The van der Waals surface area contributed by atoms with Gasteiger partial charge >= 0.3 is 5.97 Å². The molecule has 0 saturated carbocycles. The summed E-state index contributed by atoms with van der Waals surface area (Å²) in [4.78, 5) is 64.2. The van der Waals surface area contributed by atoms with Gasteiger partial charge in [-0.3, -0.25) is 34.1 Å². The Labute approximate surface area is 413 Å². The average Bonchev–Trinajstić information content (AvgIpc) is 3.63. The van der Waals surface area contributed by atoms with Crippen molar-refractivity contribution in [3.8, 4) is 34.2 Å². The number of ether oxygens (including phenoxy) is 3. The Morgan fingerprint density at radius 2 is 1.84 bits per heavy atom. The minimum Gasteiger partial charge on any atom is -0.464 e. The first-order valence-electron chi connectivity index (χ1n) is 24.9. The number of hydrogen-bond donors (Lipinski definition) is 3. The monoisotopic (exact) mass is 960 g/mol. The van der Waals surface area contributed by atoms with E-state index >= 15 is 0 Å². The fourth-order valence-electron chi connectivity index (χ4n) is 9.60. The van der Waals surface area contributed by atoms with Gasteiger partial charge in [-0.05, 0) is 112 Å². The molecule has 0 aliphatic carbocycles. The number of likely N-dealkylation sites (tertiary alicyclic amines) is 1. The number of pyridine rings is 1. The Morgan fingerprint density at radius 1 is 1.09 bits per heavy atom. The number of likely N-dealkylation sites (N-methyl/N-ethyl adjacent to an activating group) is 1. The predicted octanol–water partition coefficient (Wildman–Crippen LogP) is 5.95. The van der Waals surface area contributed by atoms with Crippen LogP contribution in [0, 0.1) is 29.1 Å². The van der Waals surface area contributed by atoms with E-state index in [-0.39, 0.29) is 62.1 Å². The first kappa shape index (κ1) is 52.2. The fraction of sp³-hybridized carbons (Fsp3) is 0.545. The number of fused-ring (bicyclic) bond motifs is 6. The number of aryl methyl sites for hydroxylation is 1. The van der Waals surface area contributed by atoms with Gasteiger partial charge in [-0.15, -0.1) is 0 Å². The lowest BCUT2D eigenvalue weighted by Crippen LogP contribution is -2.61. The van der Waals surface area contributed by atoms with Crippen molar-refractivity contribution >= 4 is 34.6 Å². The van der Waals surface area contributed by atoms with Crippen LogP contribution in [-0.4, -0.2) is 137 Å². The zero-order valence-corrected chi connectivity index (χ0v) is 42.8. The van der Waals surface area contributed by atoms with Crippen LogP contribution in [-0.2, 0) is 52.8 Å². The maximum absolute atomic E-state index is 14.7. The normalized spacial score (nSPS) is 19.8. The SMILES string of the molecule is CCn1c(-c2cccnc2[C@H](C)OC)c2c3cc(ccc31)-c1cccc(c1)C[C@H](NC(=O)[C@@H](COC1CN(C(=O)C#CC(C)(C)N(C)CCO)C1)C(C)C)C(=O)N1CCC[C@H](N1)C(=O)OCC(C)(C)C2. The van der Waals surface area contributed by atoms with Crippen LogP contribution in [0.5, 0.6) is 0 Å². The average molecular weight is 960 g/mol. The number of rotatable bonds is 13. The van der Waals surface area contributed by atoms with Crippen LogP contribution in [0.3, 0.4) is 0 Å². The van der Waals surface area contributed by atoms with E-state index < -0.39 is 34.9 Å². The highest BCUT2D eigenvalue weighted by Gasteiger charge is 2.38. The van der Waals surface area contributed by atoms with Crippen molar-refractivity contribution < 1.29 is 38.5 Å². The van der Waals surface area contributed by atoms with Gasteiger partial charge in [-0.2, -0.15) is 0 Å². The van der Waals surface area contributed by atoms with Crippen molar-refractivity contribution in [2.75, 3.05) is 60.2 Å². The van der Waals surface area contributed by atoms with E-state index in [0.717, 1.165) is 50.1 Å². The van der Waals surface area contributed by atoms with E-state index in [2.05, 4.69) is 84.3 Å². The van der Waals surface area contributed by atoms with Crippen molar-refractivity contribution in [3.05, 3.63) is 77.6 Å². The molecule has 3 amide bonds. The molecule has 2 saturated heterocycles. The summed E-state index contributed by atoms with van der Waals surface area (Å²) in [5.74, 6) is 3.64. The molecular formula is C55H73N7O8. The van der Waals surface area contributed by atoms with E-state index in [9.17, 15) is 24.3 Å². The Bertz CT molecular complexity index is 2610. The summed E-state index contributed by atoms with van der Waals surface area (Å²) in [5.41, 5.74) is 10.0. The Balaban J connectivity index is 1.18. The van der Waals surface area contributed by atoms with Crippen molar-refractivity contribution in [1.82, 2.24) is 35.1 Å². The summed E-state index contributed by atoms with van der Waals surface area (Å²) < 4.78 is 20.5. The lowest BCUT2D eigenvalue weighted by molar-refractivity contribution is -0.155. The number of aliphatic hydroxyl groups is 1. The summed E-state index contributed by atoms with van der Waals surface area (Å²) >= 11 is 0. The molecular weight excluding hydrogens is 887 g/mol. The predicted molar refractivity (Wildman–Crippen MR) is 270 cm³/mol. The second kappa shape index (κ2) is 22.2. The molecule has 4 atom stereocenters. The number of hydrogen-bond acceptors (Lipinski definition) is 11. The number of cyclic esters (lactones) is 1. The Kier molecular flexibility index (Phi) is 16.6. The standard InChI is InChI=1S/C55H73N7O8/c1-11-61-47-20-19-39-29-42(47)43(50(61)41-17-13-23-56-49(41)36(4)68-10)30-54(5,6)34-70-53(67)45-18-14-24-62(58-45)52(66)46(28-37-15-12-16-38(39)27-37)57-51(65)44(35(2)3)33-69-40-31-60(32-40)48(64)21-22-55(7,8)59(9)25-26-63/h12-13,15-17,19-20,23,27,29,35-36,40,44-46,58,63H,11,14,18,24-26,28,30-34H2,1-10H3,(H,57,65)/t36-,44-,45-,46-/m0/s1. The minimum absolute atomic E-state index is 0.00590. The number of esters is 1. The molecule has 6 bridgehead atoms. The van der Waals surface area contributed by atoms with Crippen LogP contribution in [0.4, 0.5) is 0 Å². The number of aliphatic hydroxyl groups excluding tert-OH is 1. The molecule has 2 aromatic heterocycles. The Morgan fingerprint density at radius 3 is 2.56 bits per heavy atom. The number of nitrogens with one attached hydrogen (secondary N) is 2. The summed E-state index contributed by atoms with van der Waals surface area (Å²) in [6.45, 7) is 18.5. The van der Waals surface area contributed by atoms with Crippen molar-refractivity contribution in [1.29, 1.82) is 0 Å². The van der Waals surface area contributed by atoms with Gasteiger partial charge in [0.15, 0.2) is 0 Å². The van der Waals surface area contributed by atoms with E-state index in [1.165, 1.54) is 5.01 Å². The molecule has 5 heterocycles. The number of methoxy groups -OCH3 is 1. The van der Waals surface area contributed by atoms with E-state index in [4.69, 9.17) is 19.2 Å². The van der Waals surface area contributed by atoms with Crippen LogP contribution >= 0.6 is 0 Å². The first-order chi connectivity index (χ1) is 33.3. The number of β-amino-alcohol motifs (C(OH)–C–C–N with tert-alkyl or cyclic N) is 1. The summed E-state index contributed by atoms with van der Waals surface area (Å²) in [5, 5.41) is 15.0. The molecule has 0 spiro atoms. The lowest BCUT2D eigenvalue weighted by Gasteiger charge is -2.39. The number of hydrazine groups is 1. The molecule has 3 aliphatic heterocycles. The van der Waals surface area contributed by atoms with Gasteiger partial charge in [0.2, 0.25) is 5.91 Å². The molecule has 15 nitrogen and oxygen atoms in total. The molecule has 3 N–H and O–H groups in total. The van der Waals surface area contributed by atoms with Gasteiger partial charge < -0.3 is 34.1 Å². The summed E-state index contributed by atoms with van der Waals surface area (Å²) in [7, 11) is 3.54. The van der Waals surface area contributed by atoms with E-state index in [1.54, 1.807) is 18.2 Å². The summed E-state index contributed by atoms with van der Waals surface area (Å²) in [6, 6.07) is 17.0. The molecule has 2 fully saturated rings. The Hall–Kier alpha value is -5.63. The molecule has 376 valence electrons. The quantitative estimate of drug-likeness (QED) is 0.107. The smallest absolute Gasteiger partial charge is 0.324 e. The van der Waals surface area contributed by atoms with E-state index in [1.807, 2.05) is 64.8 Å².